The molecule has 0 saturated heterocycles. The summed E-state index contributed by atoms with van der Waals surface area (Å²) in [6, 6.07) is 8.98. The van der Waals surface area contributed by atoms with Crippen molar-refractivity contribution in [3.05, 3.63) is 46.4 Å². The predicted molar refractivity (Wildman–Crippen MR) is 84.9 cm³/mol. The fraction of sp³-hybridized carbons (Fsp3) is 0.200. The zero-order valence-electron chi connectivity index (χ0n) is 12.7. The van der Waals surface area contributed by atoms with Crippen LogP contribution < -0.4 is 11.0 Å². The van der Waals surface area contributed by atoms with Gasteiger partial charge < -0.3 is 9.72 Å². The molecule has 1 aromatic carbocycles. The zero-order chi connectivity index (χ0) is 16.4. The number of carbonyl (C=O) groups is 1. The summed E-state index contributed by atoms with van der Waals surface area (Å²) in [4.78, 5) is 30.7. The number of nitrogens with one attached hydrogen (secondary N) is 2. The lowest BCUT2D eigenvalue weighted by molar-refractivity contribution is 0.168. The molecule has 0 radical (unpaired) electrons. The molecule has 0 fully saturated rings. The van der Waals surface area contributed by atoms with E-state index in [1.54, 1.807) is 38.1 Å². The first kappa shape index (κ1) is 14.8. The monoisotopic (exact) mass is 313 g/mol. The average molecular weight is 313 g/mol. The Morgan fingerprint density at radius 2 is 2.09 bits per heavy atom. The van der Waals surface area contributed by atoms with Gasteiger partial charge in [-0.2, -0.15) is 9.67 Å². The van der Waals surface area contributed by atoms with Gasteiger partial charge in [-0.3, -0.25) is 5.32 Å². The Labute approximate surface area is 131 Å². The van der Waals surface area contributed by atoms with Crippen molar-refractivity contribution < 1.29 is 9.53 Å². The van der Waals surface area contributed by atoms with E-state index >= 15 is 0 Å². The molecule has 2 aromatic heterocycles. The third-order valence-corrected chi connectivity index (χ3v) is 3.29. The van der Waals surface area contributed by atoms with Gasteiger partial charge in [-0.25, -0.2) is 9.59 Å². The Hall–Kier alpha value is -3.16. The minimum Gasteiger partial charge on any atom is -0.450 e. The molecule has 2 heterocycles. The number of carbonyl (C=O) groups excluding carboxylic acids is 1. The largest absolute Gasteiger partial charge is 0.450 e. The Morgan fingerprint density at radius 1 is 1.35 bits per heavy atom. The Kier molecular flexibility index (Phi) is 3.80. The molecule has 0 unspecified atom stereocenters. The van der Waals surface area contributed by atoms with Crippen LogP contribution in [-0.2, 0) is 4.74 Å². The van der Waals surface area contributed by atoms with E-state index in [9.17, 15) is 9.59 Å². The molecule has 23 heavy (non-hydrogen) atoms. The molecule has 0 bridgehead atoms. The highest BCUT2D eigenvalue weighted by Crippen LogP contribution is 2.21. The van der Waals surface area contributed by atoms with Crippen molar-refractivity contribution in [1.82, 2.24) is 19.7 Å². The molecule has 0 spiro atoms. The summed E-state index contributed by atoms with van der Waals surface area (Å²) >= 11 is 0. The Bertz CT molecular complexity index is 914. The molecule has 3 rings (SSSR count). The highest BCUT2D eigenvalue weighted by molar-refractivity contribution is 5.90. The van der Waals surface area contributed by atoms with Gasteiger partial charge in [0.1, 0.15) is 11.3 Å². The van der Waals surface area contributed by atoms with Crippen LogP contribution in [0, 0.1) is 6.92 Å². The summed E-state index contributed by atoms with van der Waals surface area (Å²) in [6.07, 6.45) is -0.583. The Morgan fingerprint density at radius 3 is 2.78 bits per heavy atom. The number of ether oxygens (including phenoxy) is 1. The van der Waals surface area contributed by atoms with Crippen LogP contribution in [0.2, 0.25) is 0 Å². The molecule has 0 aliphatic heterocycles. The maximum Gasteiger partial charge on any atom is 0.412 e. The van der Waals surface area contributed by atoms with E-state index in [4.69, 9.17) is 4.74 Å². The zero-order valence-corrected chi connectivity index (χ0v) is 12.7. The van der Waals surface area contributed by atoms with Gasteiger partial charge in [-0.05, 0) is 26.0 Å². The van der Waals surface area contributed by atoms with Crippen molar-refractivity contribution >= 4 is 23.1 Å². The Balaban J connectivity index is 2.07. The van der Waals surface area contributed by atoms with E-state index in [2.05, 4.69) is 20.4 Å². The molecular formula is C15H15N5O3. The van der Waals surface area contributed by atoms with Gasteiger partial charge in [0.2, 0.25) is 0 Å². The lowest BCUT2D eigenvalue weighted by Gasteiger charge is -2.03. The first-order chi connectivity index (χ1) is 11.1. The van der Waals surface area contributed by atoms with E-state index in [1.165, 1.54) is 4.68 Å². The van der Waals surface area contributed by atoms with Gasteiger partial charge in [-0.1, -0.05) is 18.2 Å². The van der Waals surface area contributed by atoms with Crippen LogP contribution >= 0.6 is 0 Å². The summed E-state index contributed by atoms with van der Waals surface area (Å²) in [5.41, 5.74) is 1.55. The lowest BCUT2D eigenvalue weighted by Crippen LogP contribution is -2.23. The number of hydrogen-bond acceptors (Lipinski definition) is 5. The molecular weight excluding hydrogens is 298 g/mol. The minimum atomic E-state index is -0.583. The maximum absolute atomic E-state index is 12.2. The van der Waals surface area contributed by atoms with Crippen LogP contribution in [0.4, 0.5) is 10.6 Å². The normalized spacial score (nSPS) is 10.7. The third-order valence-electron chi connectivity index (χ3n) is 3.29. The topological polar surface area (TPSA) is 102 Å². The van der Waals surface area contributed by atoms with Gasteiger partial charge in [0, 0.05) is 5.56 Å². The van der Waals surface area contributed by atoms with Crippen LogP contribution in [0.1, 0.15) is 12.5 Å². The number of anilines is 1. The first-order valence-corrected chi connectivity index (χ1v) is 7.09. The summed E-state index contributed by atoms with van der Waals surface area (Å²) in [5, 5.41) is 6.85. The molecule has 0 aliphatic carbocycles. The molecule has 8 nitrogen and oxygen atoms in total. The molecule has 2 N–H and O–H groups in total. The second kappa shape index (κ2) is 5.91. The first-order valence-electron chi connectivity index (χ1n) is 7.09. The smallest absolute Gasteiger partial charge is 0.412 e. The molecule has 0 saturated carbocycles. The number of hydrogen-bond donors (Lipinski definition) is 2. The summed E-state index contributed by atoms with van der Waals surface area (Å²) in [5.74, 6) is 0.406. The van der Waals surface area contributed by atoms with Crippen LogP contribution in [0.5, 0.6) is 0 Å². The number of rotatable bonds is 3. The van der Waals surface area contributed by atoms with Gasteiger partial charge in [-0.15, -0.1) is 5.10 Å². The summed E-state index contributed by atoms with van der Waals surface area (Å²) in [7, 11) is 0. The van der Waals surface area contributed by atoms with E-state index in [-0.39, 0.29) is 6.61 Å². The molecule has 0 aliphatic rings. The predicted octanol–water partition coefficient (Wildman–Crippen LogP) is 1.99. The molecule has 8 heteroatoms. The van der Waals surface area contributed by atoms with Gasteiger partial charge in [0.25, 0.3) is 0 Å². The highest BCUT2D eigenvalue weighted by atomic mass is 16.5. The van der Waals surface area contributed by atoms with Crippen molar-refractivity contribution in [3.8, 4) is 5.69 Å². The molecule has 0 atom stereocenters. The van der Waals surface area contributed by atoms with Crippen molar-refractivity contribution in [1.29, 1.82) is 0 Å². The van der Waals surface area contributed by atoms with E-state index < -0.39 is 11.8 Å². The summed E-state index contributed by atoms with van der Waals surface area (Å²) < 4.78 is 6.04. The number of aromatic nitrogens is 4. The van der Waals surface area contributed by atoms with E-state index in [0.717, 1.165) is 0 Å². The van der Waals surface area contributed by atoms with Crippen molar-refractivity contribution in [2.24, 2.45) is 0 Å². The number of benzene rings is 1. The van der Waals surface area contributed by atoms with Crippen molar-refractivity contribution in [2.75, 3.05) is 11.9 Å². The molecule has 118 valence electrons. The maximum atomic E-state index is 12.2. The van der Waals surface area contributed by atoms with Crippen LogP contribution in [0.25, 0.3) is 16.9 Å². The molecule has 1 amide bonds. The minimum absolute atomic E-state index is 0.264. The fourth-order valence-electron chi connectivity index (χ4n) is 2.19. The standard InChI is InChI=1S/C15H15N5O3/c1-3-23-15(22)18-12-9(2)11-13(17-12)19-20(14(21)16-11)10-7-5-4-6-8-10/h4-8H,3H2,1-2H3,(H,17,19)(H,18,22). The van der Waals surface area contributed by atoms with Gasteiger partial charge >= 0.3 is 11.8 Å². The van der Waals surface area contributed by atoms with E-state index in [1.807, 2.05) is 6.07 Å². The van der Waals surface area contributed by atoms with Crippen LogP contribution in [0.3, 0.4) is 0 Å². The quantitative estimate of drug-likeness (QED) is 0.770. The van der Waals surface area contributed by atoms with Crippen LogP contribution in [-0.4, -0.2) is 32.4 Å². The van der Waals surface area contributed by atoms with Gasteiger partial charge in [0.15, 0.2) is 5.65 Å². The average Bonchev–Trinajstić information content (AvgIpc) is 2.83. The number of fused-ring (bicyclic) bond motifs is 1. The number of amides is 1. The van der Waals surface area contributed by atoms with Crippen LogP contribution in [0.15, 0.2) is 35.1 Å². The van der Waals surface area contributed by atoms with E-state index in [0.29, 0.717) is 28.2 Å². The SMILES string of the molecule is CCOC(=O)Nc1[nH]c2nn(-c3ccccc3)c(=O)nc2c1C. The number of H-pyrrole nitrogens is 1. The second-order valence-electron chi connectivity index (χ2n) is 4.81. The number of aryl methyl sites for hydroxylation is 1. The molecule has 3 aromatic rings. The lowest BCUT2D eigenvalue weighted by atomic mass is 10.3. The number of aromatic amines is 1. The van der Waals surface area contributed by atoms with Gasteiger partial charge in [0.05, 0.1) is 12.3 Å². The van der Waals surface area contributed by atoms with Crippen molar-refractivity contribution in [3.63, 3.8) is 0 Å². The fourth-order valence-corrected chi connectivity index (χ4v) is 2.19. The highest BCUT2D eigenvalue weighted by Gasteiger charge is 2.15. The van der Waals surface area contributed by atoms with Crippen molar-refractivity contribution in [2.45, 2.75) is 13.8 Å². The second-order valence-corrected chi connectivity index (χ2v) is 4.81. The summed E-state index contributed by atoms with van der Waals surface area (Å²) in [6.45, 7) is 3.72. The number of nitrogens with zero attached hydrogens (tertiary/aromatic N) is 3. The number of para-hydroxylation sites is 1. The third kappa shape index (κ3) is 2.78.